The van der Waals surface area contributed by atoms with Gasteiger partial charge in [0.05, 0.1) is 30.3 Å². The third-order valence-electron chi connectivity index (χ3n) is 5.12. The number of carbonyl (C=O) groups excluding carboxylic acids is 2. The molecule has 4 aromatic rings. The fraction of sp³-hybridized carbons (Fsp3) is 0.217. The highest BCUT2D eigenvalue weighted by atomic mass is 32.1. The molecular formula is C23H21N3O5S2. The van der Waals surface area contributed by atoms with E-state index >= 15 is 0 Å². The fourth-order valence-corrected chi connectivity index (χ4v) is 5.41. The fourth-order valence-electron chi connectivity index (χ4n) is 3.42. The number of amides is 1. The van der Waals surface area contributed by atoms with E-state index in [4.69, 9.17) is 9.47 Å². The van der Waals surface area contributed by atoms with Crippen LogP contribution >= 0.6 is 22.7 Å². The lowest BCUT2D eigenvalue weighted by Gasteiger charge is -2.09. The van der Waals surface area contributed by atoms with Gasteiger partial charge in [-0.1, -0.05) is 12.1 Å². The highest BCUT2D eigenvalue weighted by Crippen LogP contribution is 2.38. The van der Waals surface area contributed by atoms with Gasteiger partial charge in [-0.05, 0) is 37.1 Å². The van der Waals surface area contributed by atoms with E-state index in [1.807, 2.05) is 12.1 Å². The second kappa shape index (κ2) is 9.16. The molecule has 0 fully saturated rings. The molecule has 0 bridgehead atoms. The summed E-state index contributed by atoms with van der Waals surface area (Å²) in [6, 6.07) is 7.28. The number of hydrogen-bond acceptors (Lipinski definition) is 8. The Morgan fingerprint density at radius 1 is 1.21 bits per heavy atom. The van der Waals surface area contributed by atoms with Crippen molar-refractivity contribution < 1.29 is 19.1 Å². The molecule has 0 spiro atoms. The van der Waals surface area contributed by atoms with Gasteiger partial charge in [-0.3, -0.25) is 9.59 Å². The zero-order valence-corrected chi connectivity index (χ0v) is 20.1. The molecule has 3 aromatic heterocycles. The van der Waals surface area contributed by atoms with Crippen molar-refractivity contribution in [1.29, 1.82) is 0 Å². The number of carbonyl (C=O) groups is 2. The number of anilines is 1. The zero-order chi connectivity index (χ0) is 23.7. The largest absolute Gasteiger partial charge is 0.497 e. The van der Waals surface area contributed by atoms with Gasteiger partial charge in [0.2, 0.25) is 0 Å². The zero-order valence-electron chi connectivity index (χ0n) is 18.4. The van der Waals surface area contributed by atoms with Crippen molar-refractivity contribution in [3.05, 3.63) is 62.3 Å². The Morgan fingerprint density at radius 2 is 1.94 bits per heavy atom. The molecule has 170 valence electrons. The lowest BCUT2D eigenvalue weighted by Crippen LogP contribution is -2.17. The molecule has 0 saturated carbocycles. The van der Waals surface area contributed by atoms with Crippen molar-refractivity contribution in [3.63, 3.8) is 0 Å². The van der Waals surface area contributed by atoms with E-state index in [-0.39, 0.29) is 17.7 Å². The molecule has 0 aliphatic heterocycles. The van der Waals surface area contributed by atoms with Gasteiger partial charge in [0.1, 0.15) is 21.1 Å². The lowest BCUT2D eigenvalue weighted by atomic mass is 10.0. The van der Waals surface area contributed by atoms with Gasteiger partial charge in [-0.2, -0.15) is 0 Å². The average molecular weight is 484 g/mol. The number of nitrogens with one attached hydrogen (secondary N) is 1. The number of benzene rings is 1. The summed E-state index contributed by atoms with van der Waals surface area (Å²) >= 11 is 2.38. The molecule has 1 N–H and O–H groups in total. The number of thiophene rings is 2. The van der Waals surface area contributed by atoms with Crippen LogP contribution in [0.5, 0.6) is 5.75 Å². The average Bonchev–Trinajstić information content (AvgIpc) is 3.38. The standard InChI is InChI=1S/C23H21N3O5S2/c1-5-31-23(29)17-15(13-6-8-14(30-4)9-7-13)10-32-21(17)25-19(27)18-12(2)16-20(33-18)24-11-26(3)22(16)28/h6-11H,5H2,1-4H3,(H,25,27). The van der Waals surface area contributed by atoms with Crippen LogP contribution in [0.3, 0.4) is 0 Å². The number of ether oxygens (including phenoxy) is 2. The number of methoxy groups -OCH3 is 1. The van der Waals surface area contributed by atoms with Crippen LogP contribution in [0.2, 0.25) is 0 Å². The van der Waals surface area contributed by atoms with Crippen LogP contribution in [0.1, 0.15) is 32.5 Å². The van der Waals surface area contributed by atoms with Crippen LogP contribution in [0.25, 0.3) is 21.3 Å². The summed E-state index contributed by atoms with van der Waals surface area (Å²) in [5.41, 5.74) is 2.08. The van der Waals surface area contributed by atoms with E-state index < -0.39 is 11.9 Å². The van der Waals surface area contributed by atoms with Crippen LogP contribution in [-0.2, 0) is 11.8 Å². The summed E-state index contributed by atoms with van der Waals surface area (Å²) in [5.74, 6) is -0.241. The summed E-state index contributed by atoms with van der Waals surface area (Å²) in [7, 11) is 3.20. The molecule has 3 heterocycles. The van der Waals surface area contributed by atoms with Crippen LogP contribution < -0.4 is 15.6 Å². The summed E-state index contributed by atoms with van der Waals surface area (Å²) in [4.78, 5) is 43.6. The van der Waals surface area contributed by atoms with Gasteiger partial charge in [0.15, 0.2) is 0 Å². The molecule has 4 rings (SSSR count). The molecule has 0 radical (unpaired) electrons. The first-order chi connectivity index (χ1) is 15.8. The number of nitrogens with zero attached hydrogens (tertiary/aromatic N) is 2. The van der Waals surface area contributed by atoms with Crippen molar-refractivity contribution in [1.82, 2.24) is 9.55 Å². The number of aromatic nitrogens is 2. The predicted octanol–water partition coefficient (Wildman–Crippen LogP) is 4.47. The second-order valence-electron chi connectivity index (χ2n) is 7.15. The highest BCUT2D eigenvalue weighted by Gasteiger charge is 2.25. The van der Waals surface area contributed by atoms with Gasteiger partial charge >= 0.3 is 5.97 Å². The minimum absolute atomic E-state index is 0.203. The monoisotopic (exact) mass is 483 g/mol. The Morgan fingerprint density at radius 3 is 2.61 bits per heavy atom. The Balaban J connectivity index is 1.74. The van der Waals surface area contributed by atoms with Crippen LogP contribution in [0, 0.1) is 6.92 Å². The van der Waals surface area contributed by atoms with Gasteiger partial charge in [0, 0.05) is 18.0 Å². The van der Waals surface area contributed by atoms with Crippen molar-refractivity contribution in [2.45, 2.75) is 13.8 Å². The number of fused-ring (bicyclic) bond motifs is 1. The number of esters is 1. The van der Waals surface area contributed by atoms with Gasteiger partial charge in [-0.25, -0.2) is 9.78 Å². The Labute approximate surface area is 197 Å². The van der Waals surface area contributed by atoms with Gasteiger partial charge in [0.25, 0.3) is 11.5 Å². The van der Waals surface area contributed by atoms with E-state index in [0.29, 0.717) is 37.0 Å². The summed E-state index contributed by atoms with van der Waals surface area (Å²) < 4.78 is 11.8. The number of aryl methyl sites for hydroxylation is 2. The van der Waals surface area contributed by atoms with Crippen molar-refractivity contribution in [3.8, 4) is 16.9 Å². The van der Waals surface area contributed by atoms with Crippen LogP contribution in [0.15, 0.2) is 40.8 Å². The molecule has 0 aliphatic rings. The molecule has 10 heteroatoms. The molecule has 1 amide bonds. The maximum absolute atomic E-state index is 13.2. The smallest absolute Gasteiger partial charge is 0.341 e. The molecule has 0 atom stereocenters. The SMILES string of the molecule is CCOC(=O)c1c(-c2ccc(OC)cc2)csc1NC(=O)c1sc2ncn(C)c(=O)c2c1C. The first kappa shape index (κ1) is 22.7. The highest BCUT2D eigenvalue weighted by molar-refractivity contribution is 7.21. The Bertz CT molecular complexity index is 1420. The maximum atomic E-state index is 13.2. The summed E-state index contributed by atoms with van der Waals surface area (Å²) in [5, 5.41) is 5.45. The summed E-state index contributed by atoms with van der Waals surface area (Å²) in [6.07, 6.45) is 1.43. The normalized spacial score (nSPS) is 10.9. The van der Waals surface area contributed by atoms with Crippen molar-refractivity contribution in [2.75, 3.05) is 19.0 Å². The Kier molecular flexibility index (Phi) is 6.30. The predicted molar refractivity (Wildman–Crippen MR) is 130 cm³/mol. The third-order valence-corrected chi connectivity index (χ3v) is 7.21. The minimum Gasteiger partial charge on any atom is -0.497 e. The van der Waals surface area contributed by atoms with Crippen molar-refractivity contribution >= 4 is 49.8 Å². The molecule has 0 aliphatic carbocycles. The minimum atomic E-state index is -0.525. The van der Waals surface area contributed by atoms with E-state index in [0.717, 1.165) is 16.9 Å². The maximum Gasteiger partial charge on any atom is 0.341 e. The van der Waals surface area contributed by atoms with E-state index in [2.05, 4.69) is 10.3 Å². The Hall–Kier alpha value is -3.50. The first-order valence-electron chi connectivity index (χ1n) is 10.0. The van der Waals surface area contributed by atoms with Crippen LogP contribution in [0.4, 0.5) is 5.00 Å². The molecule has 8 nitrogen and oxygen atoms in total. The van der Waals surface area contributed by atoms with Gasteiger partial charge in [-0.15, -0.1) is 22.7 Å². The van der Waals surface area contributed by atoms with Gasteiger partial charge < -0.3 is 19.4 Å². The number of rotatable bonds is 6. The van der Waals surface area contributed by atoms with Crippen molar-refractivity contribution in [2.24, 2.45) is 7.05 Å². The molecule has 1 aromatic carbocycles. The lowest BCUT2D eigenvalue weighted by molar-refractivity contribution is 0.0529. The second-order valence-corrected chi connectivity index (χ2v) is 9.03. The molecule has 0 saturated heterocycles. The molecule has 0 unspecified atom stereocenters. The van der Waals surface area contributed by atoms with E-state index in [1.54, 1.807) is 45.5 Å². The number of hydrogen-bond donors (Lipinski definition) is 1. The summed E-state index contributed by atoms with van der Waals surface area (Å²) in [6.45, 7) is 3.65. The molecule has 33 heavy (non-hydrogen) atoms. The van der Waals surface area contributed by atoms with E-state index in [1.165, 1.54) is 22.2 Å². The molecular weight excluding hydrogens is 462 g/mol. The topological polar surface area (TPSA) is 99.5 Å². The van der Waals surface area contributed by atoms with E-state index in [9.17, 15) is 14.4 Å². The first-order valence-corrected chi connectivity index (χ1v) is 11.7. The quantitative estimate of drug-likeness (QED) is 0.406. The van der Waals surface area contributed by atoms with Crippen LogP contribution in [-0.4, -0.2) is 35.1 Å². The third kappa shape index (κ3) is 4.14.